The molecule has 19 heavy (non-hydrogen) atoms. The first-order valence-electron chi connectivity index (χ1n) is 7.32. The lowest BCUT2D eigenvalue weighted by Gasteiger charge is -2.32. The van der Waals surface area contributed by atoms with Crippen LogP contribution < -0.4 is 5.73 Å². The van der Waals surface area contributed by atoms with Crippen LogP contribution in [0.2, 0.25) is 0 Å². The Morgan fingerprint density at radius 2 is 2.05 bits per heavy atom. The average molecular weight is 259 g/mol. The third-order valence-electron chi connectivity index (χ3n) is 3.74. The zero-order valence-electron chi connectivity index (χ0n) is 11.8. The van der Waals surface area contributed by atoms with Gasteiger partial charge in [0.25, 0.3) is 0 Å². The molecule has 0 spiro atoms. The topological polar surface area (TPSA) is 53.1 Å². The van der Waals surface area contributed by atoms with Crippen molar-refractivity contribution in [3.05, 3.63) is 35.9 Å². The van der Waals surface area contributed by atoms with Crippen molar-refractivity contribution in [3.63, 3.8) is 0 Å². The fourth-order valence-corrected chi connectivity index (χ4v) is 2.63. The zero-order chi connectivity index (χ0) is 13.7. The summed E-state index contributed by atoms with van der Waals surface area (Å²) in [4.78, 5) is 2.52. The van der Waals surface area contributed by atoms with Crippen LogP contribution in [0.1, 0.15) is 44.2 Å². The monoisotopic (exact) mass is 259 g/mol. The molecule has 0 heterocycles. The van der Waals surface area contributed by atoms with Gasteiger partial charge in [0.2, 0.25) is 0 Å². The first-order valence-corrected chi connectivity index (χ1v) is 7.32. The molecule has 0 aromatic heterocycles. The summed E-state index contributed by atoms with van der Waals surface area (Å²) in [7, 11) is 0. The highest BCUT2D eigenvalue weighted by Gasteiger charge is 2.28. The molecule has 0 saturated heterocycles. The van der Waals surface area contributed by atoms with E-state index in [9.17, 15) is 0 Å². The van der Waals surface area contributed by atoms with E-state index < -0.39 is 0 Å². The fraction of sp³-hybridized carbons (Fsp3) is 0.562. The largest absolute Gasteiger partial charge is 0.388 e. The van der Waals surface area contributed by atoms with Crippen molar-refractivity contribution in [2.45, 2.75) is 38.6 Å². The molecule has 3 heteroatoms. The molecule has 0 bridgehead atoms. The number of nitrogens with zero attached hydrogens (tertiary/aromatic N) is 1. The summed E-state index contributed by atoms with van der Waals surface area (Å²) >= 11 is 0. The summed E-state index contributed by atoms with van der Waals surface area (Å²) in [5.41, 5.74) is 6.95. The minimum atomic E-state index is 0.263. The fourth-order valence-electron chi connectivity index (χ4n) is 2.63. The normalized spacial score (nSPS) is 16.5. The molecule has 1 aromatic rings. The summed E-state index contributed by atoms with van der Waals surface area (Å²) in [6.07, 6.45) is 4.51. The number of hydrogen-bond acceptors (Lipinski definition) is 2. The van der Waals surface area contributed by atoms with Crippen molar-refractivity contribution < 1.29 is 0 Å². The van der Waals surface area contributed by atoms with Gasteiger partial charge in [-0.1, -0.05) is 37.3 Å². The molecule has 1 unspecified atom stereocenters. The van der Waals surface area contributed by atoms with Crippen LogP contribution >= 0.6 is 0 Å². The van der Waals surface area contributed by atoms with Crippen molar-refractivity contribution in [1.29, 1.82) is 5.41 Å². The summed E-state index contributed by atoms with van der Waals surface area (Å²) in [6, 6.07) is 10.8. The van der Waals surface area contributed by atoms with Gasteiger partial charge in [-0.25, -0.2) is 0 Å². The second kappa shape index (κ2) is 6.71. The van der Waals surface area contributed by atoms with Crippen LogP contribution in [0.5, 0.6) is 0 Å². The van der Waals surface area contributed by atoms with Crippen LogP contribution in [0, 0.1) is 11.3 Å². The quantitative estimate of drug-likeness (QED) is 0.556. The lowest BCUT2D eigenvalue weighted by molar-refractivity contribution is 0.192. The molecular weight excluding hydrogens is 234 g/mol. The van der Waals surface area contributed by atoms with Crippen molar-refractivity contribution in [3.8, 4) is 0 Å². The molecule has 0 amide bonds. The Balaban J connectivity index is 2.15. The van der Waals surface area contributed by atoms with Crippen molar-refractivity contribution in [2.24, 2.45) is 11.7 Å². The molecule has 1 aliphatic carbocycles. The molecule has 1 atom stereocenters. The van der Waals surface area contributed by atoms with Gasteiger partial charge in [0.1, 0.15) is 0 Å². The molecule has 1 saturated carbocycles. The van der Waals surface area contributed by atoms with E-state index in [-0.39, 0.29) is 11.9 Å². The summed E-state index contributed by atoms with van der Waals surface area (Å²) in [5, 5.41) is 7.65. The second-order valence-electron chi connectivity index (χ2n) is 5.59. The van der Waals surface area contributed by atoms with Gasteiger partial charge in [0.15, 0.2) is 0 Å². The van der Waals surface area contributed by atoms with Crippen LogP contribution in [0.15, 0.2) is 30.3 Å². The van der Waals surface area contributed by atoms with E-state index in [1.54, 1.807) is 0 Å². The van der Waals surface area contributed by atoms with Gasteiger partial charge in [0, 0.05) is 19.0 Å². The summed E-state index contributed by atoms with van der Waals surface area (Å²) in [6.45, 7) is 4.46. The van der Waals surface area contributed by atoms with Crippen molar-refractivity contribution in [2.75, 3.05) is 13.1 Å². The van der Waals surface area contributed by atoms with Crippen molar-refractivity contribution in [1.82, 2.24) is 4.90 Å². The van der Waals surface area contributed by atoms with E-state index in [4.69, 9.17) is 11.1 Å². The van der Waals surface area contributed by atoms with Gasteiger partial charge in [-0.15, -0.1) is 0 Å². The predicted octanol–water partition coefficient (Wildman–Crippen LogP) is 3.18. The maximum absolute atomic E-state index is 7.65. The number of amidine groups is 1. The molecule has 1 aromatic carbocycles. The number of benzene rings is 1. The van der Waals surface area contributed by atoms with Gasteiger partial charge in [-0.05, 0) is 37.3 Å². The molecule has 2 rings (SSSR count). The molecule has 3 nitrogen and oxygen atoms in total. The molecule has 0 radical (unpaired) electrons. The zero-order valence-corrected chi connectivity index (χ0v) is 11.8. The van der Waals surface area contributed by atoms with Gasteiger partial charge < -0.3 is 5.73 Å². The van der Waals surface area contributed by atoms with Gasteiger partial charge in [0.05, 0.1) is 5.84 Å². The van der Waals surface area contributed by atoms with Gasteiger partial charge in [-0.3, -0.25) is 10.3 Å². The summed E-state index contributed by atoms with van der Waals surface area (Å²) in [5.74, 6) is 1.15. The number of rotatable bonds is 8. The molecule has 104 valence electrons. The third kappa shape index (κ3) is 4.35. The first kappa shape index (κ1) is 14.1. The Bertz CT molecular complexity index is 398. The van der Waals surface area contributed by atoms with Gasteiger partial charge in [-0.2, -0.15) is 0 Å². The van der Waals surface area contributed by atoms with E-state index in [2.05, 4.69) is 36.1 Å². The second-order valence-corrected chi connectivity index (χ2v) is 5.59. The predicted molar refractivity (Wildman–Crippen MR) is 80.3 cm³/mol. The summed E-state index contributed by atoms with van der Waals surface area (Å²) < 4.78 is 0. The number of nitrogens with one attached hydrogen (secondary N) is 1. The van der Waals surface area contributed by atoms with Crippen LogP contribution in [-0.2, 0) is 0 Å². The number of hydrogen-bond donors (Lipinski definition) is 2. The highest BCUT2D eigenvalue weighted by atomic mass is 15.2. The molecule has 0 aliphatic heterocycles. The lowest BCUT2D eigenvalue weighted by atomic mass is 10.0. The Morgan fingerprint density at radius 3 is 2.58 bits per heavy atom. The molecule has 1 fully saturated rings. The van der Waals surface area contributed by atoms with Crippen molar-refractivity contribution >= 4 is 5.84 Å². The SMILES string of the molecule is CCCN(CC1CC1)C(CC(=N)N)c1ccccc1. The van der Waals surface area contributed by atoms with E-state index in [0.29, 0.717) is 6.42 Å². The van der Waals surface area contributed by atoms with Gasteiger partial charge >= 0.3 is 0 Å². The molecule has 3 N–H and O–H groups in total. The highest BCUT2D eigenvalue weighted by Crippen LogP contribution is 2.34. The maximum atomic E-state index is 7.65. The van der Waals surface area contributed by atoms with E-state index >= 15 is 0 Å². The maximum Gasteiger partial charge on any atom is 0.0924 e. The van der Waals surface area contributed by atoms with E-state index in [1.165, 1.54) is 18.4 Å². The standard InChI is InChI=1S/C16H25N3/c1-2-10-19(12-13-8-9-13)15(11-16(17)18)14-6-4-3-5-7-14/h3-7,13,15H,2,8-12H2,1H3,(H3,17,18). The Kier molecular flexibility index (Phi) is 4.97. The highest BCUT2D eigenvalue weighted by molar-refractivity contribution is 5.77. The van der Waals surface area contributed by atoms with Crippen LogP contribution in [-0.4, -0.2) is 23.8 Å². The minimum Gasteiger partial charge on any atom is -0.388 e. The average Bonchev–Trinajstić information content (AvgIpc) is 3.20. The van der Waals surface area contributed by atoms with E-state index in [0.717, 1.165) is 25.4 Å². The number of nitrogens with two attached hydrogens (primary N) is 1. The Labute approximate surface area is 116 Å². The van der Waals surface area contributed by atoms with Crippen LogP contribution in [0.25, 0.3) is 0 Å². The third-order valence-corrected chi connectivity index (χ3v) is 3.74. The van der Waals surface area contributed by atoms with Crippen LogP contribution in [0.4, 0.5) is 0 Å². The molecule has 1 aliphatic rings. The smallest absolute Gasteiger partial charge is 0.0924 e. The Hall–Kier alpha value is -1.35. The lowest BCUT2D eigenvalue weighted by Crippen LogP contribution is -2.34. The van der Waals surface area contributed by atoms with E-state index in [1.807, 2.05) is 6.07 Å². The minimum absolute atomic E-state index is 0.263. The molecular formula is C16H25N3. The Morgan fingerprint density at radius 1 is 1.37 bits per heavy atom. The van der Waals surface area contributed by atoms with Crippen LogP contribution in [0.3, 0.4) is 0 Å². The first-order chi connectivity index (χ1) is 9.20.